The molecule has 2 rings (SSSR count). The molecule has 4 heteroatoms. The van der Waals surface area contributed by atoms with Gasteiger partial charge in [-0.3, -0.25) is 4.57 Å². The van der Waals surface area contributed by atoms with E-state index in [4.69, 9.17) is 0 Å². The van der Waals surface area contributed by atoms with Crippen molar-refractivity contribution in [3.05, 3.63) is 42.1 Å². The molecule has 1 atom stereocenters. The van der Waals surface area contributed by atoms with Crippen molar-refractivity contribution in [3.63, 3.8) is 0 Å². The fourth-order valence-corrected chi connectivity index (χ4v) is 1.59. The zero-order chi connectivity index (χ0) is 11.5. The van der Waals surface area contributed by atoms with Gasteiger partial charge < -0.3 is 5.11 Å². The van der Waals surface area contributed by atoms with Crippen molar-refractivity contribution in [2.75, 3.05) is 0 Å². The molecular formula is C12H15N3O. The molecule has 0 aliphatic heterocycles. The van der Waals surface area contributed by atoms with Gasteiger partial charge in [0.05, 0.1) is 6.10 Å². The van der Waals surface area contributed by atoms with Gasteiger partial charge in [0, 0.05) is 25.0 Å². The Morgan fingerprint density at radius 2 is 2.19 bits per heavy atom. The van der Waals surface area contributed by atoms with Crippen molar-refractivity contribution in [2.24, 2.45) is 0 Å². The fraction of sp³-hybridized carbons (Fsp3) is 0.333. The summed E-state index contributed by atoms with van der Waals surface area (Å²) in [4.78, 5) is 8.56. The number of hydrogen-bond acceptors (Lipinski definition) is 3. The van der Waals surface area contributed by atoms with E-state index in [-0.39, 0.29) is 0 Å². The van der Waals surface area contributed by atoms with E-state index in [2.05, 4.69) is 16.9 Å². The van der Waals surface area contributed by atoms with Crippen molar-refractivity contribution in [1.29, 1.82) is 0 Å². The van der Waals surface area contributed by atoms with Crippen LogP contribution in [0.4, 0.5) is 0 Å². The molecule has 0 spiro atoms. The molecule has 0 saturated heterocycles. The summed E-state index contributed by atoms with van der Waals surface area (Å²) >= 11 is 0. The standard InChI is InChI=1S/C12H15N3O/c1-3-11-13-6-7-15(11)12-5-4-10(8-14-12)9(2)16/h4-9,16H,3H2,1-2H3. The molecule has 0 radical (unpaired) electrons. The van der Waals surface area contributed by atoms with E-state index in [0.717, 1.165) is 23.6 Å². The van der Waals surface area contributed by atoms with Crippen molar-refractivity contribution < 1.29 is 5.11 Å². The molecule has 0 aliphatic carbocycles. The number of aryl methyl sites for hydroxylation is 1. The van der Waals surface area contributed by atoms with Gasteiger partial charge in [-0.05, 0) is 18.6 Å². The summed E-state index contributed by atoms with van der Waals surface area (Å²) in [6.07, 6.45) is 5.74. The Kier molecular flexibility index (Phi) is 3.01. The molecule has 0 fully saturated rings. The molecule has 2 aromatic heterocycles. The van der Waals surface area contributed by atoms with Crippen LogP contribution in [0.1, 0.15) is 31.3 Å². The zero-order valence-electron chi connectivity index (χ0n) is 9.46. The van der Waals surface area contributed by atoms with Crippen LogP contribution in [0.15, 0.2) is 30.7 Å². The van der Waals surface area contributed by atoms with Crippen LogP contribution < -0.4 is 0 Å². The number of aliphatic hydroxyl groups is 1. The molecule has 2 heterocycles. The Hall–Kier alpha value is -1.68. The van der Waals surface area contributed by atoms with Crippen LogP contribution in [0.25, 0.3) is 5.82 Å². The van der Waals surface area contributed by atoms with Gasteiger partial charge in [0.2, 0.25) is 0 Å². The summed E-state index contributed by atoms with van der Waals surface area (Å²) in [7, 11) is 0. The third-order valence-electron chi connectivity index (χ3n) is 2.53. The average molecular weight is 217 g/mol. The fourth-order valence-electron chi connectivity index (χ4n) is 1.59. The van der Waals surface area contributed by atoms with Crippen molar-refractivity contribution in [2.45, 2.75) is 26.4 Å². The minimum absolute atomic E-state index is 0.477. The maximum absolute atomic E-state index is 9.39. The molecule has 1 unspecified atom stereocenters. The lowest BCUT2D eigenvalue weighted by Gasteiger charge is -2.07. The third kappa shape index (κ3) is 1.97. The van der Waals surface area contributed by atoms with E-state index >= 15 is 0 Å². The maximum Gasteiger partial charge on any atom is 0.138 e. The minimum atomic E-state index is -0.477. The van der Waals surface area contributed by atoms with Gasteiger partial charge in [-0.1, -0.05) is 13.0 Å². The third-order valence-corrected chi connectivity index (χ3v) is 2.53. The van der Waals surface area contributed by atoms with E-state index in [1.54, 1.807) is 19.3 Å². The number of hydrogen-bond donors (Lipinski definition) is 1. The highest BCUT2D eigenvalue weighted by Gasteiger charge is 2.05. The van der Waals surface area contributed by atoms with E-state index in [1.165, 1.54) is 0 Å². The molecule has 0 saturated carbocycles. The highest BCUT2D eigenvalue weighted by atomic mass is 16.3. The predicted molar refractivity (Wildman–Crippen MR) is 61.4 cm³/mol. The predicted octanol–water partition coefficient (Wildman–Crippen LogP) is 1.88. The SMILES string of the molecule is CCc1nccn1-c1ccc(C(C)O)cn1. The summed E-state index contributed by atoms with van der Waals surface area (Å²) in [6, 6.07) is 3.77. The van der Waals surface area contributed by atoms with Gasteiger partial charge in [0.1, 0.15) is 11.6 Å². The molecule has 16 heavy (non-hydrogen) atoms. The Morgan fingerprint density at radius 1 is 1.38 bits per heavy atom. The normalized spacial score (nSPS) is 12.7. The van der Waals surface area contributed by atoms with E-state index in [0.29, 0.717) is 0 Å². The van der Waals surface area contributed by atoms with Crippen molar-refractivity contribution in [3.8, 4) is 5.82 Å². The van der Waals surface area contributed by atoms with Crippen molar-refractivity contribution >= 4 is 0 Å². The summed E-state index contributed by atoms with van der Waals surface area (Å²) in [5.41, 5.74) is 0.821. The van der Waals surface area contributed by atoms with Gasteiger partial charge in [-0.2, -0.15) is 0 Å². The van der Waals surface area contributed by atoms with E-state index in [9.17, 15) is 5.11 Å². The first-order valence-electron chi connectivity index (χ1n) is 5.39. The Morgan fingerprint density at radius 3 is 2.75 bits per heavy atom. The number of nitrogens with zero attached hydrogens (tertiary/aromatic N) is 3. The second-order valence-corrected chi connectivity index (χ2v) is 3.69. The summed E-state index contributed by atoms with van der Waals surface area (Å²) < 4.78 is 1.95. The second-order valence-electron chi connectivity index (χ2n) is 3.69. The molecule has 0 aliphatic rings. The topological polar surface area (TPSA) is 50.9 Å². The lowest BCUT2D eigenvalue weighted by Crippen LogP contribution is -2.02. The van der Waals surface area contributed by atoms with Crippen LogP contribution >= 0.6 is 0 Å². The summed E-state index contributed by atoms with van der Waals surface area (Å²) in [5, 5.41) is 9.39. The lowest BCUT2D eigenvalue weighted by molar-refractivity contribution is 0.199. The van der Waals surface area contributed by atoms with Crippen LogP contribution in [0.2, 0.25) is 0 Å². The molecule has 2 aromatic rings. The Labute approximate surface area is 94.6 Å². The van der Waals surface area contributed by atoms with Crippen molar-refractivity contribution in [1.82, 2.24) is 14.5 Å². The van der Waals surface area contributed by atoms with Crippen LogP contribution in [-0.2, 0) is 6.42 Å². The number of pyridine rings is 1. The number of aliphatic hydroxyl groups excluding tert-OH is 1. The highest BCUT2D eigenvalue weighted by Crippen LogP contribution is 2.13. The lowest BCUT2D eigenvalue weighted by atomic mass is 10.2. The smallest absolute Gasteiger partial charge is 0.138 e. The first-order chi connectivity index (χ1) is 7.72. The number of rotatable bonds is 3. The molecule has 1 N–H and O–H groups in total. The summed E-state index contributed by atoms with van der Waals surface area (Å²) in [5.74, 6) is 1.82. The van der Waals surface area contributed by atoms with Gasteiger partial charge in [0.15, 0.2) is 0 Å². The van der Waals surface area contributed by atoms with E-state index in [1.807, 2.05) is 22.9 Å². The number of aromatic nitrogens is 3. The van der Waals surface area contributed by atoms with Gasteiger partial charge >= 0.3 is 0 Å². The van der Waals surface area contributed by atoms with Crippen LogP contribution in [-0.4, -0.2) is 19.6 Å². The van der Waals surface area contributed by atoms with Crippen LogP contribution in [0.5, 0.6) is 0 Å². The second kappa shape index (κ2) is 4.45. The quantitative estimate of drug-likeness (QED) is 0.854. The molecule has 0 aromatic carbocycles. The van der Waals surface area contributed by atoms with Gasteiger partial charge in [0.25, 0.3) is 0 Å². The Bertz CT molecular complexity index is 459. The first kappa shape index (κ1) is 10.8. The molecule has 0 bridgehead atoms. The zero-order valence-corrected chi connectivity index (χ0v) is 9.46. The van der Waals surface area contributed by atoms with Crippen LogP contribution in [0, 0.1) is 0 Å². The number of imidazole rings is 1. The largest absolute Gasteiger partial charge is 0.389 e. The monoisotopic (exact) mass is 217 g/mol. The minimum Gasteiger partial charge on any atom is -0.389 e. The average Bonchev–Trinajstić information content (AvgIpc) is 2.77. The molecule has 0 amide bonds. The van der Waals surface area contributed by atoms with Gasteiger partial charge in [-0.15, -0.1) is 0 Å². The molecule has 4 nitrogen and oxygen atoms in total. The summed E-state index contributed by atoms with van der Waals surface area (Å²) in [6.45, 7) is 3.79. The highest BCUT2D eigenvalue weighted by molar-refractivity contribution is 5.28. The maximum atomic E-state index is 9.39. The molecular weight excluding hydrogens is 202 g/mol. The van der Waals surface area contributed by atoms with Gasteiger partial charge in [-0.25, -0.2) is 9.97 Å². The Balaban J connectivity index is 2.35. The molecule has 84 valence electrons. The first-order valence-corrected chi connectivity index (χ1v) is 5.39. The van der Waals surface area contributed by atoms with E-state index < -0.39 is 6.10 Å². The van der Waals surface area contributed by atoms with Crippen LogP contribution in [0.3, 0.4) is 0 Å².